The van der Waals surface area contributed by atoms with Gasteiger partial charge in [0, 0.05) is 20.2 Å². The number of piperidine rings is 1. The van der Waals surface area contributed by atoms with Gasteiger partial charge in [0.15, 0.2) is 0 Å². The number of hydrogen-bond donors (Lipinski definition) is 3. The maximum Gasteiger partial charge on any atom is 0.109 e. The summed E-state index contributed by atoms with van der Waals surface area (Å²) < 4.78 is 5.21. The lowest BCUT2D eigenvalue weighted by atomic mass is 9.93. The molecule has 0 amide bonds. The van der Waals surface area contributed by atoms with E-state index in [1.165, 1.54) is 7.11 Å². The number of benzene rings is 1. The summed E-state index contributed by atoms with van der Waals surface area (Å²) in [5.41, 5.74) is 1.01. The second-order valence-corrected chi connectivity index (χ2v) is 6.31. The Morgan fingerprint density at radius 1 is 1.23 bits per heavy atom. The molecule has 0 aliphatic carbocycles. The van der Waals surface area contributed by atoms with Crippen molar-refractivity contribution in [3.05, 3.63) is 33.8 Å². The number of rotatable bonds is 5. The van der Waals surface area contributed by atoms with E-state index in [4.69, 9.17) is 27.9 Å². The van der Waals surface area contributed by atoms with Gasteiger partial charge in [-0.3, -0.25) is 4.90 Å². The first-order valence-corrected chi connectivity index (χ1v) is 7.91. The van der Waals surface area contributed by atoms with E-state index in [1.54, 1.807) is 12.1 Å². The SMILES string of the molecule is CO[C@H]1CN(CCc2ccc(Cl)c(Cl)c2)[C@H](CO)[C@@H](O)[C@@H]1O. The van der Waals surface area contributed by atoms with Gasteiger partial charge in [-0.2, -0.15) is 0 Å². The van der Waals surface area contributed by atoms with E-state index in [0.717, 1.165) is 5.56 Å². The summed E-state index contributed by atoms with van der Waals surface area (Å²) >= 11 is 11.9. The second kappa shape index (κ2) is 7.93. The van der Waals surface area contributed by atoms with Crippen LogP contribution in [0.5, 0.6) is 0 Å². The number of hydrogen-bond acceptors (Lipinski definition) is 5. The van der Waals surface area contributed by atoms with Crippen molar-refractivity contribution in [1.82, 2.24) is 4.90 Å². The number of nitrogens with zero attached hydrogens (tertiary/aromatic N) is 1. The molecule has 1 saturated heterocycles. The molecule has 2 rings (SSSR count). The fourth-order valence-corrected chi connectivity index (χ4v) is 3.12. The minimum absolute atomic E-state index is 0.226. The molecule has 0 saturated carbocycles. The van der Waals surface area contributed by atoms with Crippen molar-refractivity contribution in [3.8, 4) is 0 Å². The monoisotopic (exact) mass is 349 g/mol. The smallest absolute Gasteiger partial charge is 0.109 e. The van der Waals surface area contributed by atoms with Crippen LogP contribution in [-0.4, -0.2) is 71.4 Å². The summed E-state index contributed by atoms with van der Waals surface area (Å²) in [6.07, 6.45) is -1.83. The zero-order valence-corrected chi connectivity index (χ0v) is 13.8. The third kappa shape index (κ3) is 3.92. The van der Waals surface area contributed by atoms with Crippen LogP contribution in [-0.2, 0) is 11.2 Å². The van der Waals surface area contributed by atoms with Crippen LogP contribution in [0, 0.1) is 0 Å². The van der Waals surface area contributed by atoms with E-state index in [0.29, 0.717) is 29.6 Å². The van der Waals surface area contributed by atoms with Gasteiger partial charge >= 0.3 is 0 Å². The van der Waals surface area contributed by atoms with Crippen molar-refractivity contribution >= 4 is 23.2 Å². The van der Waals surface area contributed by atoms with Gasteiger partial charge in [0.25, 0.3) is 0 Å². The first kappa shape index (κ1) is 17.9. The van der Waals surface area contributed by atoms with Crippen LogP contribution in [0.2, 0.25) is 10.0 Å². The van der Waals surface area contributed by atoms with Gasteiger partial charge in [-0.05, 0) is 24.1 Å². The quantitative estimate of drug-likeness (QED) is 0.738. The summed E-state index contributed by atoms with van der Waals surface area (Å²) in [6.45, 7) is 0.824. The predicted octanol–water partition coefficient (Wildman–Crippen LogP) is 0.949. The van der Waals surface area contributed by atoms with Crippen LogP contribution < -0.4 is 0 Å². The molecule has 0 spiro atoms. The van der Waals surface area contributed by atoms with E-state index in [1.807, 2.05) is 11.0 Å². The Kier molecular flexibility index (Phi) is 6.46. The van der Waals surface area contributed by atoms with Gasteiger partial charge < -0.3 is 20.1 Å². The molecule has 0 bridgehead atoms. The first-order chi connectivity index (χ1) is 10.5. The fourth-order valence-electron chi connectivity index (χ4n) is 2.80. The minimum Gasteiger partial charge on any atom is -0.395 e. The summed E-state index contributed by atoms with van der Waals surface area (Å²) in [6, 6.07) is 4.94. The molecule has 1 heterocycles. The number of halogens is 2. The topological polar surface area (TPSA) is 73.2 Å². The average Bonchev–Trinajstić information content (AvgIpc) is 2.51. The maximum absolute atomic E-state index is 10.1. The normalized spacial score (nSPS) is 29.7. The summed E-state index contributed by atoms with van der Waals surface area (Å²) in [5.74, 6) is 0. The maximum atomic E-state index is 10.1. The Morgan fingerprint density at radius 2 is 1.95 bits per heavy atom. The van der Waals surface area contributed by atoms with E-state index < -0.39 is 24.4 Å². The summed E-state index contributed by atoms with van der Waals surface area (Å²) in [7, 11) is 1.50. The Balaban J connectivity index is 2.04. The average molecular weight is 350 g/mol. The molecular formula is C15H21Cl2NO4. The molecule has 1 fully saturated rings. The Morgan fingerprint density at radius 3 is 2.55 bits per heavy atom. The fraction of sp³-hybridized carbons (Fsp3) is 0.600. The van der Waals surface area contributed by atoms with Gasteiger partial charge in [0.05, 0.1) is 28.8 Å². The molecule has 1 aliphatic heterocycles. The second-order valence-electron chi connectivity index (χ2n) is 5.50. The molecule has 1 aliphatic rings. The number of methoxy groups -OCH3 is 1. The van der Waals surface area contributed by atoms with E-state index in [-0.39, 0.29) is 6.61 Å². The highest BCUT2D eigenvalue weighted by Crippen LogP contribution is 2.24. The molecule has 124 valence electrons. The van der Waals surface area contributed by atoms with Crippen molar-refractivity contribution < 1.29 is 20.1 Å². The molecule has 1 aromatic carbocycles. The third-order valence-corrected chi connectivity index (χ3v) is 4.91. The molecule has 4 atom stereocenters. The molecule has 1 aromatic rings. The molecule has 0 aromatic heterocycles. The van der Waals surface area contributed by atoms with Crippen molar-refractivity contribution in [1.29, 1.82) is 0 Å². The lowest BCUT2D eigenvalue weighted by Gasteiger charge is -2.44. The molecular weight excluding hydrogens is 329 g/mol. The molecule has 7 heteroatoms. The number of aliphatic hydroxyl groups is 3. The van der Waals surface area contributed by atoms with E-state index >= 15 is 0 Å². The zero-order valence-electron chi connectivity index (χ0n) is 12.3. The molecule has 22 heavy (non-hydrogen) atoms. The standard InChI is InChI=1S/C15H21Cl2NO4/c1-22-13-7-18(12(8-19)14(20)15(13)21)5-4-9-2-3-10(16)11(17)6-9/h2-3,6,12-15,19-21H,4-5,7-8H2,1H3/t12-,13+,14-,15-/m1/s1. The highest BCUT2D eigenvalue weighted by atomic mass is 35.5. The van der Waals surface area contributed by atoms with Crippen molar-refractivity contribution in [2.24, 2.45) is 0 Å². The van der Waals surface area contributed by atoms with Crippen molar-refractivity contribution in [2.45, 2.75) is 30.8 Å². The van der Waals surface area contributed by atoms with E-state index in [2.05, 4.69) is 0 Å². The van der Waals surface area contributed by atoms with Crippen LogP contribution in [0.3, 0.4) is 0 Å². The van der Waals surface area contributed by atoms with Crippen LogP contribution in [0.1, 0.15) is 5.56 Å². The van der Waals surface area contributed by atoms with Gasteiger partial charge in [0.1, 0.15) is 12.2 Å². The van der Waals surface area contributed by atoms with Crippen LogP contribution in [0.25, 0.3) is 0 Å². The van der Waals surface area contributed by atoms with E-state index in [9.17, 15) is 15.3 Å². The summed E-state index contributed by atoms with van der Waals surface area (Å²) in [5, 5.41) is 30.6. The zero-order chi connectivity index (χ0) is 16.3. The minimum atomic E-state index is -1.04. The first-order valence-electron chi connectivity index (χ1n) is 7.15. The van der Waals surface area contributed by atoms with Gasteiger partial charge in [0.2, 0.25) is 0 Å². The lowest BCUT2D eigenvalue weighted by Crippen LogP contribution is -2.63. The number of aliphatic hydroxyl groups excluding tert-OH is 3. The third-order valence-electron chi connectivity index (χ3n) is 4.17. The Labute approximate surface area is 140 Å². The van der Waals surface area contributed by atoms with Crippen LogP contribution >= 0.6 is 23.2 Å². The Hall–Kier alpha value is -0.400. The molecule has 3 N–H and O–H groups in total. The molecule has 0 radical (unpaired) electrons. The Bertz CT molecular complexity index is 502. The summed E-state index contributed by atoms with van der Waals surface area (Å²) in [4.78, 5) is 1.92. The highest BCUT2D eigenvalue weighted by molar-refractivity contribution is 6.42. The largest absolute Gasteiger partial charge is 0.395 e. The molecule has 0 unspecified atom stereocenters. The number of ether oxygens (including phenoxy) is 1. The molecule has 5 nitrogen and oxygen atoms in total. The van der Waals surface area contributed by atoms with Crippen LogP contribution in [0.15, 0.2) is 18.2 Å². The van der Waals surface area contributed by atoms with Gasteiger partial charge in [-0.15, -0.1) is 0 Å². The number of likely N-dealkylation sites (tertiary alicyclic amines) is 1. The van der Waals surface area contributed by atoms with Gasteiger partial charge in [-0.25, -0.2) is 0 Å². The highest BCUT2D eigenvalue weighted by Gasteiger charge is 2.41. The van der Waals surface area contributed by atoms with Crippen LogP contribution in [0.4, 0.5) is 0 Å². The predicted molar refractivity (Wildman–Crippen MR) is 85.4 cm³/mol. The van der Waals surface area contributed by atoms with Crippen molar-refractivity contribution in [3.63, 3.8) is 0 Å². The lowest BCUT2D eigenvalue weighted by molar-refractivity contribution is -0.154. The van der Waals surface area contributed by atoms with Crippen molar-refractivity contribution in [2.75, 3.05) is 26.8 Å². The van der Waals surface area contributed by atoms with Gasteiger partial charge in [-0.1, -0.05) is 29.3 Å².